The first-order valence-electron chi connectivity index (χ1n) is 8.21. The smallest absolute Gasteiger partial charge is 0.234 e. The zero-order valence-electron chi connectivity index (χ0n) is 14.6. The van der Waals surface area contributed by atoms with Crippen LogP contribution in [0.25, 0.3) is 0 Å². The van der Waals surface area contributed by atoms with E-state index in [2.05, 4.69) is 35.5 Å². The van der Waals surface area contributed by atoms with Gasteiger partial charge in [0.1, 0.15) is 5.75 Å². The number of hydrogen-bond acceptors (Lipinski definition) is 4. The Morgan fingerprint density at radius 1 is 1.21 bits per heavy atom. The van der Waals surface area contributed by atoms with Gasteiger partial charge in [-0.2, -0.15) is 0 Å². The molecule has 0 bridgehead atoms. The predicted molar refractivity (Wildman–Crippen MR) is 99.3 cm³/mol. The van der Waals surface area contributed by atoms with Crippen LogP contribution >= 0.6 is 11.3 Å². The van der Waals surface area contributed by atoms with Crippen molar-refractivity contribution in [2.45, 2.75) is 26.9 Å². The van der Waals surface area contributed by atoms with Gasteiger partial charge < -0.3 is 10.1 Å². The van der Waals surface area contributed by atoms with Crippen molar-refractivity contribution in [3.05, 3.63) is 52.2 Å². The van der Waals surface area contributed by atoms with Crippen LogP contribution in [0.3, 0.4) is 0 Å². The van der Waals surface area contributed by atoms with Crippen molar-refractivity contribution >= 4 is 17.2 Å². The van der Waals surface area contributed by atoms with Gasteiger partial charge in [-0.05, 0) is 23.4 Å². The van der Waals surface area contributed by atoms with E-state index in [1.54, 1.807) is 18.4 Å². The van der Waals surface area contributed by atoms with Crippen LogP contribution in [0, 0.1) is 5.92 Å². The van der Waals surface area contributed by atoms with E-state index < -0.39 is 0 Å². The molecule has 130 valence electrons. The Morgan fingerprint density at radius 3 is 2.67 bits per heavy atom. The fourth-order valence-electron chi connectivity index (χ4n) is 2.44. The van der Waals surface area contributed by atoms with Crippen LogP contribution in [0.2, 0.25) is 0 Å². The van der Waals surface area contributed by atoms with Crippen LogP contribution in [0.5, 0.6) is 5.75 Å². The van der Waals surface area contributed by atoms with Crippen molar-refractivity contribution in [2.75, 3.05) is 20.2 Å². The van der Waals surface area contributed by atoms with Gasteiger partial charge in [0.2, 0.25) is 5.91 Å². The highest BCUT2D eigenvalue weighted by molar-refractivity contribution is 7.09. The predicted octanol–water partition coefficient (Wildman–Crippen LogP) is 3.53. The molecule has 0 fully saturated rings. The van der Waals surface area contributed by atoms with Gasteiger partial charge in [-0.3, -0.25) is 9.69 Å². The molecule has 4 nitrogen and oxygen atoms in total. The van der Waals surface area contributed by atoms with E-state index >= 15 is 0 Å². The minimum atomic E-state index is 0.0650. The molecule has 1 heterocycles. The second-order valence-corrected chi connectivity index (χ2v) is 7.27. The highest BCUT2D eigenvalue weighted by atomic mass is 32.1. The molecular formula is C19H26N2O2S. The summed E-state index contributed by atoms with van der Waals surface area (Å²) in [7, 11) is 1.68. The van der Waals surface area contributed by atoms with E-state index in [9.17, 15) is 4.79 Å². The van der Waals surface area contributed by atoms with Crippen LogP contribution < -0.4 is 10.1 Å². The van der Waals surface area contributed by atoms with Gasteiger partial charge >= 0.3 is 0 Å². The molecule has 0 saturated carbocycles. The Morgan fingerprint density at radius 2 is 2.00 bits per heavy atom. The van der Waals surface area contributed by atoms with Crippen LogP contribution in [-0.2, 0) is 17.9 Å². The monoisotopic (exact) mass is 346 g/mol. The molecule has 2 rings (SSSR count). The average Bonchev–Trinajstić information content (AvgIpc) is 3.06. The number of benzene rings is 1. The largest absolute Gasteiger partial charge is 0.496 e. The third-order valence-electron chi connectivity index (χ3n) is 3.62. The van der Waals surface area contributed by atoms with Crippen molar-refractivity contribution in [3.63, 3.8) is 0 Å². The summed E-state index contributed by atoms with van der Waals surface area (Å²) in [6.45, 7) is 6.71. The van der Waals surface area contributed by atoms with Crippen molar-refractivity contribution < 1.29 is 9.53 Å². The molecular weight excluding hydrogens is 320 g/mol. The first kappa shape index (κ1) is 18.5. The zero-order valence-corrected chi connectivity index (χ0v) is 15.4. The quantitative estimate of drug-likeness (QED) is 0.755. The number of thiophene rings is 1. The lowest BCUT2D eigenvalue weighted by molar-refractivity contribution is -0.122. The molecule has 0 radical (unpaired) electrons. The van der Waals surface area contributed by atoms with Crippen molar-refractivity contribution in [3.8, 4) is 5.75 Å². The summed E-state index contributed by atoms with van der Waals surface area (Å²) in [6, 6.07) is 12.1. The zero-order chi connectivity index (χ0) is 17.4. The van der Waals surface area contributed by atoms with Gasteiger partial charge in [-0.25, -0.2) is 0 Å². The van der Waals surface area contributed by atoms with Gasteiger partial charge in [-0.15, -0.1) is 11.3 Å². The number of carbonyl (C=O) groups excluding carboxylic acids is 1. The Hall–Kier alpha value is -1.85. The van der Waals surface area contributed by atoms with E-state index in [-0.39, 0.29) is 5.91 Å². The molecule has 2 aromatic rings. The molecule has 0 aliphatic carbocycles. The topological polar surface area (TPSA) is 41.6 Å². The molecule has 1 amide bonds. The Kier molecular flexibility index (Phi) is 7.28. The summed E-state index contributed by atoms with van der Waals surface area (Å²) in [5, 5.41) is 5.06. The third-order valence-corrected chi connectivity index (χ3v) is 4.48. The molecule has 1 aromatic heterocycles. The first-order chi connectivity index (χ1) is 11.6. The molecule has 0 aliphatic heterocycles. The number of ether oxygens (including phenoxy) is 1. The molecule has 0 spiro atoms. The lowest BCUT2D eigenvalue weighted by Gasteiger charge is -2.22. The molecule has 0 unspecified atom stereocenters. The number of nitrogens with zero attached hydrogens (tertiary/aromatic N) is 1. The fraction of sp³-hybridized carbons (Fsp3) is 0.421. The summed E-state index contributed by atoms with van der Waals surface area (Å²) in [5.74, 6) is 1.38. The molecule has 0 atom stereocenters. The van der Waals surface area contributed by atoms with Crippen LogP contribution in [-0.4, -0.2) is 31.0 Å². The van der Waals surface area contributed by atoms with Gasteiger partial charge in [0.15, 0.2) is 0 Å². The van der Waals surface area contributed by atoms with Crippen molar-refractivity contribution in [1.29, 1.82) is 0 Å². The molecule has 1 aromatic carbocycles. The van der Waals surface area contributed by atoms with E-state index in [4.69, 9.17) is 4.74 Å². The molecule has 24 heavy (non-hydrogen) atoms. The molecule has 5 heteroatoms. The van der Waals surface area contributed by atoms with Crippen molar-refractivity contribution in [2.24, 2.45) is 5.92 Å². The number of nitrogens with one attached hydrogen (secondary N) is 1. The standard InChI is InChI=1S/C19H26N2O2S/c1-15(2)11-20-19(22)14-21(13-17-8-6-10-24-17)12-16-7-4-5-9-18(16)23-3/h4-10,15H,11-14H2,1-3H3,(H,20,22). The number of amides is 1. The van der Waals surface area contributed by atoms with Crippen LogP contribution in [0.4, 0.5) is 0 Å². The number of rotatable bonds is 9. The second-order valence-electron chi connectivity index (χ2n) is 6.23. The van der Waals surface area contributed by atoms with E-state index in [0.717, 1.165) is 17.9 Å². The number of carbonyl (C=O) groups is 1. The lowest BCUT2D eigenvalue weighted by atomic mass is 10.2. The SMILES string of the molecule is COc1ccccc1CN(CC(=O)NCC(C)C)Cc1cccs1. The van der Waals surface area contributed by atoms with Crippen LogP contribution in [0.15, 0.2) is 41.8 Å². The Labute approximate surface area is 148 Å². The Balaban J connectivity index is 2.06. The summed E-state index contributed by atoms with van der Waals surface area (Å²) >= 11 is 1.71. The lowest BCUT2D eigenvalue weighted by Crippen LogP contribution is -2.38. The van der Waals surface area contributed by atoms with Crippen LogP contribution in [0.1, 0.15) is 24.3 Å². The van der Waals surface area contributed by atoms with Gasteiger partial charge in [-0.1, -0.05) is 38.1 Å². The maximum absolute atomic E-state index is 12.3. The molecule has 1 N–H and O–H groups in total. The first-order valence-corrected chi connectivity index (χ1v) is 9.09. The average molecular weight is 346 g/mol. The minimum Gasteiger partial charge on any atom is -0.496 e. The van der Waals surface area contributed by atoms with E-state index in [1.807, 2.05) is 30.3 Å². The summed E-state index contributed by atoms with van der Waals surface area (Å²) in [5.41, 5.74) is 1.09. The maximum Gasteiger partial charge on any atom is 0.234 e. The highest BCUT2D eigenvalue weighted by Crippen LogP contribution is 2.21. The normalized spacial score (nSPS) is 11.0. The summed E-state index contributed by atoms with van der Waals surface area (Å²) in [4.78, 5) is 15.7. The maximum atomic E-state index is 12.3. The number of methoxy groups -OCH3 is 1. The highest BCUT2D eigenvalue weighted by Gasteiger charge is 2.15. The number of hydrogen-bond donors (Lipinski definition) is 1. The van der Waals surface area contributed by atoms with Gasteiger partial charge in [0.05, 0.1) is 13.7 Å². The fourth-order valence-corrected chi connectivity index (χ4v) is 3.19. The minimum absolute atomic E-state index is 0.0650. The van der Waals surface area contributed by atoms with Gasteiger partial charge in [0.25, 0.3) is 0 Å². The second kappa shape index (κ2) is 9.45. The summed E-state index contributed by atoms with van der Waals surface area (Å²) in [6.07, 6.45) is 0. The molecule has 0 aliphatic rings. The summed E-state index contributed by atoms with van der Waals surface area (Å²) < 4.78 is 5.44. The van der Waals surface area contributed by atoms with Gasteiger partial charge in [0, 0.05) is 30.1 Å². The van der Waals surface area contributed by atoms with E-state index in [1.165, 1.54) is 4.88 Å². The van der Waals surface area contributed by atoms with Crippen molar-refractivity contribution in [1.82, 2.24) is 10.2 Å². The third kappa shape index (κ3) is 5.98. The Bertz CT molecular complexity index is 626. The molecule has 0 saturated heterocycles. The number of para-hydroxylation sites is 1. The van der Waals surface area contributed by atoms with E-state index in [0.29, 0.717) is 25.6 Å².